The fourth-order valence-corrected chi connectivity index (χ4v) is 4.69. The molecule has 36 heavy (non-hydrogen) atoms. The van der Waals surface area contributed by atoms with Crippen molar-refractivity contribution >= 4 is 44.3 Å². The van der Waals surface area contributed by atoms with Crippen LogP contribution in [0.1, 0.15) is 6.92 Å². The van der Waals surface area contributed by atoms with Crippen molar-refractivity contribution in [1.82, 2.24) is 35.1 Å². The molecule has 0 radical (unpaired) electrons. The smallest absolute Gasteiger partial charge is 0.242 e. The Labute approximate surface area is 217 Å². The van der Waals surface area contributed by atoms with E-state index in [-0.39, 0.29) is 5.91 Å². The maximum absolute atomic E-state index is 12.8. The van der Waals surface area contributed by atoms with Crippen molar-refractivity contribution in [1.29, 1.82) is 0 Å². The predicted octanol–water partition coefficient (Wildman–Crippen LogP) is 2.54. The average Bonchev–Trinajstić information content (AvgIpc) is 3.36. The monoisotopic (exact) mass is 552 g/mol. The Morgan fingerprint density at radius 3 is 2.69 bits per heavy atom. The van der Waals surface area contributed by atoms with Gasteiger partial charge in [-0.25, -0.2) is 9.97 Å². The Balaban J connectivity index is 1.41. The molecule has 0 aliphatic carbocycles. The van der Waals surface area contributed by atoms with E-state index in [0.717, 1.165) is 59.4 Å². The van der Waals surface area contributed by atoms with Crippen LogP contribution >= 0.6 is 15.9 Å². The van der Waals surface area contributed by atoms with Crippen LogP contribution in [0.15, 0.2) is 46.9 Å². The SMILES string of the molecule is COc1ccc(-c2nc3c4cccc(Br)c4nc(N[C@H](C)C(=O)NCCN4CCNCC4)n3n2)cc1. The lowest BCUT2D eigenvalue weighted by molar-refractivity contribution is -0.121. The van der Waals surface area contributed by atoms with Crippen molar-refractivity contribution in [2.75, 3.05) is 51.7 Å². The number of rotatable bonds is 8. The molecule has 10 nitrogen and oxygen atoms in total. The molecule has 1 saturated heterocycles. The Hall–Kier alpha value is -3.28. The van der Waals surface area contributed by atoms with Crippen LogP contribution in [0.4, 0.5) is 5.95 Å². The zero-order chi connectivity index (χ0) is 25.1. The summed E-state index contributed by atoms with van der Waals surface area (Å²) in [6, 6.07) is 12.9. The highest BCUT2D eigenvalue weighted by Gasteiger charge is 2.20. The van der Waals surface area contributed by atoms with Crippen molar-refractivity contribution in [2.45, 2.75) is 13.0 Å². The minimum absolute atomic E-state index is 0.0946. The lowest BCUT2D eigenvalue weighted by atomic mass is 10.2. The molecule has 0 spiro atoms. The molecule has 2 aromatic heterocycles. The second-order valence-electron chi connectivity index (χ2n) is 8.72. The molecule has 188 valence electrons. The van der Waals surface area contributed by atoms with E-state index in [1.807, 2.05) is 49.4 Å². The van der Waals surface area contributed by atoms with Crippen LogP contribution in [0.25, 0.3) is 27.9 Å². The number of methoxy groups -OCH3 is 1. The molecule has 1 aliphatic rings. The Morgan fingerprint density at radius 2 is 1.94 bits per heavy atom. The van der Waals surface area contributed by atoms with E-state index >= 15 is 0 Å². The second-order valence-corrected chi connectivity index (χ2v) is 9.57. The van der Waals surface area contributed by atoms with Crippen LogP contribution in [0.5, 0.6) is 5.75 Å². The van der Waals surface area contributed by atoms with Crippen LogP contribution in [-0.4, -0.2) is 82.8 Å². The van der Waals surface area contributed by atoms with Crippen molar-refractivity contribution in [3.05, 3.63) is 46.9 Å². The second kappa shape index (κ2) is 10.8. The summed E-state index contributed by atoms with van der Waals surface area (Å²) in [6.07, 6.45) is 0. The van der Waals surface area contributed by atoms with Gasteiger partial charge < -0.3 is 20.7 Å². The molecule has 1 atom stereocenters. The minimum Gasteiger partial charge on any atom is -0.497 e. The van der Waals surface area contributed by atoms with Gasteiger partial charge in [-0.05, 0) is 59.3 Å². The van der Waals surface area contributed by atoms with Gasteiger partial charge in [-0.3, -0.25) is 9.69 Å². The summed E-state index contributed by atoms with van der Waals surface area (Å²) in [4.78, 5) is 24.8. The average molecular weight is 553 g/mol. The maximum atomic E-state index is 12.8. The molecule has 1 fully saturated rings. The van der Waals surface area contributed by atoms with Crippen LogP contribution in [-0.2, 0) is 4.79 Å². The van der Waals surface area contributed by atoms with Gasteiger partial charge in [0.15, 0.2) is 11.5 Å². The lowest BCUT2D eigenvalue weighted by Gasteiger charge is -2.27. The van der Waals surface area contributed by atoms with Crippen molar-refractivity contribution < 1.29 is 9.53 Å². The van der Waals surface area contributed by atoms with Crippen molar-refractivity contribution in [2.24, 2.45) is 0 Å². The van der Waals surface area contributed by atoms with E-state index in [4.69, 9.17) is 19.8 Å². The molecule has 5 rings (SSSR count). The van der Waals surface area contributed by atoms with Gasteiger partial charge in [-0.1, -0.05) is 6.07 Å². The summed E-state index contributed by atoms with van der Waals surface area (Å²) < 4.78 is 7.77. The van der Waals surface area contributed by atoms with Gasteiger partial charge >= 0.3 is 0 Å². The summed E-state index contributed by atoms with van der Waals surface area (Å²) in [7, 11) is 1.63. The van der Waals surface area contributed by atoms with Crippen LogP contribution in [0.3, 0.4) is 0 Å². The van der Waals surface area contributed by atoms with Gasteiger partial charge in [0, 0.05) is 54.7 Å². The summed E-state index contributed by atoms with van der Waals surface area (Å²) in [5.74, 6) is 1.67. The molecule has 3 heterocycles. The first-order valence-electron chi connectivity index (χ1n) is 12.0. The Kier molecular flexibility index (Phi) is 7.30. The quantitative estimate of drug-likeness (QED) is 0.306. The largest absolute Gasteiger partial charge is 0.497 e. The summed E-state index contributed by atoms with van der Waals surface area (Å²) in [6.45, 7) is 7.23. The summed E-state index contributed by atoms with van der Waals surface area (Å²) >= 11 is 3.60. The molecule has 1 aliphatic heterocycles. The van der Waals surface area contributed by atoms with E-state index in [0.29, 0.717) is 24.0 Å². The zero-order valence-corrected chi connectivity index (χ0v) is 21.9. The molecule has 2 aromatic carbocycles. The van der Waals surface area contributed by atoms with Gasteiger partial charge in [-0.15, -0.1) is 5.10 Å². The molecule has 0 saturated carbocycles. The molecule has 4 aromatic rings. The van der Waals surface area contributed by atoms with Gasteiger partial charge in [0.25, 0.3) is 0 Å². The predicted molar refractivity (Wildman–Crippen MR) is 143 cm³/mol. The highest BCUT2D eigenvalue weighted by atomic mass is 79.9. The van der Waals surface area contributed by atoms with E-state index in [1.165, 1.54) is 0 Å². The van der Waals surface area contributed by atoms with Crippen molar-refractivity contribution in [3.8, 4) is 17.1 Å². The first-order valence-corrected chi connectivity index (χ1v) is 12.8. The normalized spacial score (nSPS) is 15.2. The number of hydrogen-bond acceptors (Lipinski definition) is 8. The molecule has 3 N–H and O–H groups in total. The molecule has 0 bridgehead atoms. The van der Waals surface area contributed by atoms with Gasteiger partial charge in [-0.2, -0.15) is 4.52 Å². The molecule has 1 amide bonds. The molecular formula is C25H29BrN8O2. The van der Waals surface area contributed by atoms with Crippen LogP contribution in [0, 0.1) is 0 Å². The Morgan fingerprint density at radius 1 is 1.17 bits per heavy atom. The number of ether oxygens (including phenoxy) is 1. The number of carbonyl (C=O) groups excluding carboxylic acids is 1. The van der Waals surface area contributed by atoms with E-state index in [1.54, 1.807) is 11.6 Å². The van der Waals surface area contributed by atoms with Gasteiger partial charge in [0.05, 0.1) is 12.6 Å². The number of para-hydroxylation sites is 1. The third kappa shape index (κ3) is 5.13. The fourth-order valence-electron chi connectivity index (χ4n) is 4.24. The highest BCUT2D eigenvalue weighted by molar-refractivity contribution is 9.10. The zero-order valence-electron chi connectivity index (χ0n) is 20.3. The minimum atomic E-state index is -0.516. The maximum Gasteiger partial charge on any atom is 0.242 e. The van der Waals surface area contributed by atoms with Crippen LogP contribution in [0.2, 0.25) is 0 Å². The number of piperazine rings is 1. The van der Waals surface area contributed by atoms with Crippen LogP contribution < -0.4 is 20.7 Å². The highest BCUT2D eigenvalue weighted by Crippen LogP contribution is 2.29. The van der Waals surface area contributed by atoms with E-state index in [2.05, 4.69) is 36.8 Å². The number of nitrogens with zero attached hydrogens (tertiary/aromatic N) is 5. The third-order valence-corrected chi connectivity index (χ3v) is 6.92. The summed E-state index contributed by atoms with van der Waals surface area (Å²) in [5.41, 5.74) is 2.25. The van der Waals surface area contributed by atoms with Gasteiger partial charge in [0.1, 0.15) is 11.8 Å². The van der Waals surface area contributed by atoms with Crippen molar-refractivity contribution in [3.63, 3.8) is 0 Å². The number of halogens is 1. The standard InChI is InChI=1S/C25H29BrN8O2/c1-16(24(35)28-12-15-33-13-10-27-11-14-33)29-25-30-21-19(4-3-5-20(21)26)23-31-22(32-34(23)25)17-6-8-18(36-2)9-7-17/h3-9,16,27H,10-15H2,1-2H3,(H,28,35)(H,29,30)/t16-/m1/s1. The first kappa shape index (κ1) is 24.4. The number of aromatic nitrogens is 4. The Bertz CT molecular complexity index is 1370. The van der Waals surface area contributed by atoms with E-state index in [9.17, 15) is 4.79 Å². The first-order chi connectivity index (χ1) is 17.5. The number of fused-ring (bicyclic) bond motifs is 3. The number of benzene rings is 2. The number of hydrogen-bond donors (Lipinski definition) is 3. The molecular weight excluding hydrogens is 524 g/mol. The van der Waals surface area contributed by atoms with Gasteiger partial charge in [0.2, 0.25) is 11.9 Å². The third-order valence-electron chi connectivity index (χ3n) is 6.28. The lowest BCUT2D eigenvalue weighted by Crippen LogP contribution is -2.47. The number of amides is 1. The molecule has 0 unspecified atom stereocenters. The number of nitrogens with one attached hydrogen (secondary N) is 3. The number of carbonyl (C=O) groups is 1. The topological polar surface area (TPSA) is 109 Å². The van der Waals surface area contributed by atoms with E-state index < -0.39 is 6.04 Å². The molecule has 11 heteroatoms. The number of anilines is 1. The summed E-state index contributed by atoms with van der Waals surface area (Å²) in [5, 5.41) is 15.2. The fraction of sp³-hybridized carbons (Fsp3) is 0.360.